The summed E-state index contributed by atoms with van der Waals surface area (Å²) < 4.78 is 10.5. The molecule has 9 heteroatoms. The molecule has 1 heterocycles. The number of aryl methyl sites for hydroxylation is 1. The number of rotatable bonds is 5. The molecule has 0 spiro atoms. The number of aromatic nitrogens is 2. The monoisotopic (exact) mass is 291 g/mol. The lowest BCUT2D eigenvalue weighted by molar-refractivity contribution is -0.386. The van der Waals surface area contributed by atoms with Crippen LogP contribution in [0.2, 0.25) is 0 Å². The van der Waals surface area contributed by atoms with Gasteiger partial charge in [-0.15, -0.1) is 0 Å². The lowest BCUT2D eigenvalue weighted by Gasteiger charge is -2.09. The van der Waals surface area contributed by atoms with Crippen molar-refractivity contribution < 1.29 is 14.4 Å². The van der Waals surface area contributed by atoms with E-state index in [4.69, 9.17) is 15.3 Å². The van der Waals surface area contributed by atoms with Crippen LogP contribution in [0.25, 0.3) is 0 Å². The van der Waals surface area contributed by atoms with Crippen LogP contribution in [0.4, 0.5) is 11.6 Å². The van der Waals surface area contributed by atoms with Crippen LogP contribution >= 0.6 is 0 Å². The maximum atomic E-state index is 11.1. The van der Waals surface area contributed by atoms with Gasteiger partial charge >= 0.3 is 11.6 Å². The maximum absolute atomic E-state index is 11.1. The average Bonchev–Trinajstić information content (AvgIpc) is 2.46. The zero-order chi connectivity index (χ0) is 15.4. The van der Waals surface area contributed by atoms with E-state index in [-0.39, 0.29) is 23.2 Å². The quantitative estimate of drug-likeness (QED) is 0.485. The first kappa shape index (κ1) is 14.5. The van der Waals surface area contributed by atoms with Gasteiger partial charge in [0.1, 0.15) is 17.2 Å². The van der Waals surface area contributed by atoms with Gasteiger partial charge in [0, 0.05) is 6.07 Å². The Morgan fingerprint density at radius 2 is 2.05 bits per heavy atom. The number of nitrogens with two attached hydrogens (primary N) is 1. The van der Waals surface area contributed by atoms with Crippen LogP contribution in [0.5, 0.6) is 17.4 Å². The van der Waals surface area contributed by atoms with Gasteiger partial charge in [-0.1, -0.05) is 6.07 Å². The average molecular weight is 291 g/mol. The lowest BCUT2D eigenvalue weighted by Crippen LogP contribution is -2.12. The first-order valence-electron chi connectivity index (χ1n) is 5.86. The number of hydrazine groups is 1. The van der Waals surface area contributed by atoms with Crippen LogP contribution in [0.1, 0.15) is 5.69 Å². The van der Waals surface area contributed by atoms with Gasteiger partial charge in [0.25, 0.3) is 0 Å². The van der Waals surface area contributed by atoms with Crippen molar-refractivity contribution in [3.63, 3.8) is 0 Å². The number of methoxy groups -OCH3 is 1. The molecule has 0 fully saturated rings. The second-order valence-corrected chi connectivity index (χ2v) is 3.97. The number of nitrogens with one attached hydrogen (secondary N) is 1. The Balaban J connectivity index is 2.46. The van der Waals surface area contributed by atoms with Gasteiger partial charge in [-0.2, -0.15) is 4.98 Å². The van der Waals surface area contributed by atoms with E-state index in [9.17, 15) is 10.1 Å². The highest BCUT2D eigenvalue weighted by Gasteiger charge is 2.24. The standard InChI is InChI=1S/C12H13N5O4/c1-7-10(17(18)19)11(15-12(14-7)16-13)21-9-5-3-4-8(6-9)20-2/h3-6H,13H2,1-2H3,(H,14,15,16). The summed E-state index contributed by atoms with van der Waals surface area (Å²) in [7, 11) is 1.51. The summed E-state index contributed by atoms with van der Waals surface area (Å²) in [6, 6.07) is 6.62. The van der Waals surface area contributed by atoms with Crippen molar-refractivity contribution in [2.75, 3.05) is 12.5 Å². The Labute approximate surface area is 119 Å². The number of nitrogen functional groups attached to an aromatic ring is 1. The first-order chi connectivity index (χ1) is 10.0. The van der Waals surface area contributed by atoms with Crippen molar-refractivity contribution in [1.82, 2.24) is 9.97 Å². The molecule has 2 rings (SSSR count). The molecular weight excluding hydrogens is 278 g/mol. The number of ether oxygens (including phenoxy) is 2. The molecule has 1 aromatic carbocycles. The second-order valence-electron chi connectivity index (χ2n) is 3.97. The Bertz CT molecular complexity index is 677. The minimum absolute atomic E-state index is 0.0241. The van der Waals surface area contributed by atoms with Gasteiger partial charge in [0.05, 0.1) is 12.0 Å². The molecule has 9 nitrogen and oxygen atoms in total. The zero-order valence-electron chi connectivity index (χ0n) is 11.4. The fourth-order valence-corrected chi connectivity index (χ4v) is 1.66. The van der Waals surface area contributed by atoms with E-state index in [1.165, 1.54) is 14.0 Å². The summed E-state index contributed by atoms with van der Waals surface area (Å²) >= 11 is 0. The van der Waals surface area contributed by atoms with Crippen molar-refractivity contribution in [2.45, 2.75) is 6.92 Å². The van der Waals surface area contributed by atoms with E-state index in [0.717, 1.165) is 0 Å². The van der Waals surface area contributed by atoms with Crippen LogP contribution < -0.4 is 20.7 Å². The maximum Gasteiger partial charge on any atom is 0.352 e. The summed E-state index contributed by atoms with van der Waals surface area (Å²) in [5, 5.41) is 11.1. The van der Waals surface area contributed by atoms with E-state index < -0.39 is 4.92 Å². The van der Waals surface area contributed by atoms with Crippen molar-refractivity contribution >= 4 is 11.6 Å². The third-order valence-electron chi connectivity index (χ3n) is 2.59. The molecule has 0 aliphatic heterocycles. The molecular formula is C12H13N5O4. The largest absolute Gasteiger partial charge is 0.497 e. The van der Waals surface area contributed by atoms with E-state index in [1.54, 1.807) is 24.3 Å². The third kappa shape index (κ3) is 3.15. The highest BCUT2D eigenvalue weighted by atomic mass is 16.6. The minimum atomic E-state index is -0.606. The smallest absolute Gasteiger partial charge is 0.352 e. The van der Waals surface area contributed by atoms with E-state index >= 15 is 0 Å². The number of benzene rings is 1. The van der Waals surface area contributed by atoms with Crippen molar-refractivity contribution in [3.05, 3.63) is 40.1 Å². The minimum Gasteiger partial charge on any atom is -0.497 e. The predicted octanol–water partition coefficient (Wildman–Crippen LogP) is 1.78. The van der Waals surface area contributed by atoms with Crippen molar-refractivity contribution in [1.29, 1.82) is 0 Å². The van der Waals surface area contributed by atoms with Crippen molar-refractivity contribution in [2.24, 2.45) is 5.84 Å². The molecule has 0 bridgehead atoms. The van der Waals surface area contributed by atoms with Gasteiger partial charge in [-0.3, -0.25) is 15.5 Å². The van der Waals surface area contributed by atoms with Crippen molar-refractivity contribution in [3.8, 4) is 17.4 Å². The third-order valence-corrected chi connectivity index (χ3v) is 2.59. The molecule has 21 heavy (non-hydrogen) atoms. The molecule has 1 aromatic heterocycles. The number of hydrogen-bond donors (Lipinski definition) is 2. The highest BCUT2D eigenvalue weighted by molar-refractivity contribution is 5.50. The normalized spacial score (nSPS) is 10.0. The first-order valence-corrected chi connectivity index (χ1v) is 5.86. The van der Waals surface area contributed by atoms with Gasteiger partial charge in [0.2, 0.25) is 5.95 Å². The van der Waals surface area contributed by atoms with E-state index in [1.807, 2.05) is 0 Å². The molecule has 2 aromatic rings. The Hall–Kier alpha value is -2.94. The molecule has 0 aliphatic rings. The second kappa shape index (κ2) is 6.01. The molecule has 0 amide bonds. The number of nitrogens with zero attached hydrogens (tertiary/aromatic N) is 3. The van der Waals surface area contributed by atoms with Crippen LogP contribution in [-0.2, 0) is 0 Å². The molecule has 0 radical (unpaired) electrons. The number of anilines is 1. The molecule has 3 N–H and O–H groups in total. The highest BCUT2D eigenvalue weighted by Crippen LogP contribution is 2.33. The summed E-state index contributed by atoms with van der Waals surface area (Å²) in [6.07, 6.45) is 0. The molecule has 0 unspecified atom stereocenters. The SMILES string of the molecule is COc1cccc(Oc2nc(NN)nc(C)c2[N+](=O)[O-])c1. The number of nitro groups is 1. The van der Waals surface area contributed by atoms with E-state index in [0.29, 0.717) is 11.5 Å². The van der Waals surface area contributed by atoms with E-state index in [2.05, 4.69) is 15.4 Å². The fraction of sp³-hybridized carbons (Fsp3) is 0.167. The lowest BCUT2D eigenvalue weighted by atomic mass is 10.3. The Kier molecular flexibility index (Phi) is 4.14. The van der Waals surface area contributed by atoms with Gasteiger partial charge in [0.15, 0.2) is 0 Å². The van der Waals surface area contributed by atoms with Gasteiger partial charge in [-0.05, 0) is 19.1 Å². The predicted molar refractivity (Wildman–Crippen MR) is 74.3 cm³/mol. The summed E-state index contributed by atoms with van der Waals surface area (Å²) in [6.45, 7) is 1.47. The van der Waals surface area contributed by atoms with Gasteiger partial charge < -0.3 is 9.47 Å². The van der Waals surface area contributed by atoms with Gasteiger partial charge in [-0.25, -0.2) is 10.8 Å². The number of hydrogen-bond acceptors (Lipinski definition) is 8. The topological polar surface area (TPSA) is 125 Å². The summed E-state index contributed by atoms with van der Waals surface area (Å²) in [4.78, 5) is 18.2. The fourth-order valence-electron chi connectivity index (χ4n) is 1.66. The summed E-state index contributed by atoms with van der Waals surface area (Å²) in [5.41, 5.74) is 2.05. The molecule has 0 aliphatic carbocycles. The molecule has 0 atom stereocenters. The van der Waals surface area contributed by atoms with Crippen LogP contribution in [0.15, 0.2) is 24.3 Å². The molecule has 0 saturated heterocycles. The zero-order valence-corrected chi connectivity index (χ0v) is 11.4. The molecule has 110 valence electrons. The molecule has 0 saturated carbocycles. The van der Waals surface area contributed by atoms with Crippen LogP contribution in [0, 0.1) is 17.0 Å². The van der Waals surface area contributed by atoms with Crippen LogP contribution in [-0.4, -0.2) is 22.0 Å². The van der Waals surface area contributed by atoms with Crippen LogP contribution in [0.3, 0.4) is 0 Å². The Morgan fingerprint density at radius 1 is 1.33 bits per heavy atom. The Morgan fingerprint density at radius 3 is 2.67 bits per heavy atom. The summed E-state index contributed by atoms with van der Waals surface area (Å²) in [5.74, 6) is 5.96.